The normalized spacial score (nSPS) is 22.8. The minimum absolute atomic E-state index is 0.0772. The molecule has 1 spiro atoms. The Hall–Kier alpha value is -2.15. The van der Waals surface area contributed by atoms with E-state index in [2.05, 4.69) is 18.1 Å². The summed E-state index contributed by atoms with van der Waals surface area (Å²) in [4.78, 5) is 28.5. The second-order valence-corrected chi connectivity index (χ2v) is 7.31. The molecular weight excluding hydrogens is 320 g/mol. The highest BCUT2D eigenvalue weighted by Crippen LogP contribution is 2.33. The first-order valence-electron chi connectivity index (χ1n) is 8.92. The van der Waals surface area contributed by atoms with Gasteiger partial charge in [0, 0.05) is 32.7 Å². The zero-order chi connectivity index (χ0) is 17.6. The molecule has 3 aliphatic heterocycles. The lowest BCUT2D eigenvalue weighted by Crippen LogP contribution is -2.48. The zero-order valence-electron chi connectivity index (χ0n) is 14.8. The minimum Gasteiger partial charge on any atom is -0.370 e. The summed E-state index contributed by atoms with van der Waals surface area (Å²) in [5.74, 6) is -0.171. The second kappa shape index (κ2) is 5.98. The van der Waals surface area contributed by atoms with E-state index in [4.69, 9.17) is 4.74 Å². The molecule has 1 aromatic heterocycles. The Morgan fingerprint density at radius 2 is 2.00 bits per heavy atom. The van der Waals surface area contributed by atoms with Crippen molar-refractivity contribution in [1.29, 1.82) is 0 Å². The van der Waals surface area contributed by atoms with E-state index >= 15 is 0 Å². The molecule has 134 valence electrons. The van der Waals surface area contributed by atoms with Crippen molar-refractivity contribution in [3.63, 3.8) is 0 Å². The summed E-state index contributed by atoms with van der Waals surface area (Å²) in [5, 5.41) is 4.36. The van der Waals surface area contributed by atoms with Crippen LogP contribution in [0.1, 0.15) is 47.2 Å². The molecule has 1 fully saturated rings. The minimum atomic E-state index is -0.203. The Balaban J connectivity index is 1.47. The smallest absolute Gasteiger partial charge is 0.274 e. The number of likely N-dealkylation sites (tertiary alicyclic amines) is 1. The zero-order valence-corrected chi connectivity index (χ0v) is 14.8. The number of hydrogen-bond acceptors (Lipinski definition) is 4. The number of carbonyl (C=O) groups is 2. The highest BCUT2D eigenvalue weighted by molar-refractivity contribution is 5.98. The van der Waals surface area contributed by atoms with Gasteiger partial charge in [-0.1, -0.05) is 11.6 Å². The van der Waals surface area contributed by atoms with Gasteiger partial charge in [-0.15, -0.1) is 0 Å². The van der Waals surface area contributed by atoms with Crippen LogP contribution in [0.3, 0.4) is 0 Å². The Morgan fingerprint density at radius 1 is 1.24 bits per heavy atom. The average Bonchev–Trinajstić information content (AvgIpc) is 3.03. The molecule has 7 nitrogen and oxygen atoms in total. The van der Waals surface area contributed by atoms with Gasteiger partial charge in [0.25, 0.3) is 11.8 Å². The van der Waals surface area contributed by atoms with Gasteiger partial charge in [-0.2, -0.15) is 5.10 Å². The highest BCUT2D eigenvalue weighted by Gasteiger charge is 2.37. The van der Waals surface area contributed by atoms with Gasteiger partial charge in [0.05, 0.1) is 18.8 Å². The van der Waals surface area contributed by atoms with Crippen molar-refractivity contribution in [3.8, 4) is 0 Å². The SMILES string of the molecule is CC1=CC2(CCN(C(=O)c3cc4n(n3)CCN(C)C4=O)CC2)OCC1. The molecular formula is C18H24N4O3. The van der Waals surface area contributed by atoms with E-state index in [-0.39, 0.29) is 17.4 Å². The first kappa shape index (κ1) is 16.3. The molecule has 0 bridgehead atoms. The van der Waals surface area contributed by atoms with E-state index in [1.54, 1.807) is 22.7 Å². The summed E-state index contributed by atoms with van der Waals surface area (Å²) in [6.07, 6.45) is 4.85. The fraction of sp³-hybridized carbons (Fsp3) is 0.611. The molecule has 1 saturated heterocycles. The van der Waals surface area contributed by atoms with Crippen molar-refractivity contribution < 1.29 is 14.3 Å². The first-order chi connectivity index (χ1) is 12.0. The molecule has 0 aliphatic carbocycles. The van der Waals surface area contributed by atoms with Crippen LogP contribution in [0.2, 0.25) is 0 Å². The predicted molar refractivity (Wildman–Crippen MR) is 91.4 cm³/mol. The van der Waals surface area contributed by atoms with Crippen molar-refractivity contribution in [2.75, 3.05) is 33.3 Å². The first-order valence-corrected chi connectivity index (χ1v) is 8.92. The molecule has 0 unspecified atom stereocenters. The summed E-state index contributed by atoms with van der Waals surface area (Å²) >= 11 is 0. The van der Waals surface area contributed by atoms with E-state index in [1.165, 1.54) is 5.57 Å². The standard InChI is InChI=1S/C18H24N4O3/c1-13-3-10-25-18(12-13)4-6-21(7-5-18)16(23)14-11-15-17(24)20(2)8-9-22(15)19-14/h11-12H,3-10H2,1-2H3. The summed E-state index contributed by atoms with van der Waals surface area (Å²) in [6.45, 7) is 5.46. The molecule has 4 rings (SSSR count). The highest BCUT2D eigenvalue weighted by atomic mass is 16.5. The maximum Gasteiger partial charge on any atom is 0.274 e. The van der Waals surface area contributed by atoms with E-state index in [1.807, 2.05) is 4.90 Å². The Labute approximate surface area is 147 Å². The second-order valence-electron chi connectivity index (χ2n) is 7.31. The van der Waals surface area contributed by atoms with Gasteiger partial charge >= 0.3 is 0 Å². The van der Waals surface area contributed by atoms with E-state index in [9.17, 15) is 9.59 Å². The molecule has 25 heavy (non-hydrogen) atoms. The summed E-state index contributed by atoms with van der Waals surface area (Å²) in [6, 6.07) is 1.63. The van der Waals surface area contributed by atoms with Crippen LogP contribution in [-0.4, -0.2) is 70.3 Å². The monoisotopic (exact) mass is 344 g/mol. The van der Waals surface area contributed by atoms with Gasteiger partial charge in [-0.25, -0.2) is 0 Å². The number of likely N-dealkylation sites (N-methyl/N-ethyl adjacent to an activating group) is 1. The van der Waals surface area contributed by atoms with Crippen LogP contribution in [-0.2, 0) is 11.3 Å². The maximum atomic E-state index is 12.8. The Morgan fingerprint density at radius 3 is 2.72 bits per heavy atom. The van der Waals surface area contributed by atoms with Crippen molar-refractivity contribution in [3.05, 3.63) is 29.1 Å². The van der Waals surface area contributed by atoms with Gasteiger partial charge < -0.3 is 14.5 Å². The molecule has 0 aromatic carbocycles. The quantitative estimate of drug-likeness (QED) is 0.721. The molecule has 0 radical (unpaired) electrons. The molecule has 7 heteroatoms. The third kappa shape index (κ3) is 2.86. The number of rotatable bonds is 1. The van der Waals surface area contributed by atoms with Crippen molar-refractivity contribution in [2.24, 2.45) is 0 Å². The Kier molecular flexibility index (Phi) is 3.91. The fourth-order valence-electron chi connectivity index (χ4n) is 3.92. The Bertz CT molecular complexity index is 744. The van der Waals surface area contributed by atoms with Crippen molar-refractivity contribution >= 4 is 11.8 Å². The number of aromatic nitrogens is 2. The largest absolute Gasteiger partial charge is 0.370 e. The maximum absolute atomic E-state index is 12.8. The van der Waals surface area contributed by atoms with Crippen LogP contribution in [0.25, 0.3) is 0 Å². The lowest BCUT2D eigenvalue weighted by molar-refractivity contribution is -0.0522. The predicted octanol–water partition coefficient (Wildman–Crippen LogP) is 1.31. The van der Waals surface area contributed by atoms with Gasteiger partial charge in [0.1, 0.15) is 5.69 Å². The molecule has 0 atom stereocenters. The third-order valence-electron chi connectivity index (χ3n) is 5.50. The summed E-state index contributed by atoms with van der Waals surface area (Å²) in [5.41, 5.74) is 2.03. The van der Waals surface area contributed by atoms with Gasteiger partial charge in [-0.3, -0.25) is 14.3 Å². The van der Waals surface area contributed by atoms with Gasteiger partial charge in [0.15, 0.2) is 5.69 Å². The number of nitrogens with zero attached hydrogens (tertiary/aromatic N) is 4. The van der Waals surface area contributed by atoms with Crippen LogP contribution in [0.4, 0.5) is 0 Å². The third-order valence-corrected chi connectivity index (χ3v) is 5.50. The number of fused-ring (bicyclic) bond motifs is 1. The number of hydrogen-bond donors (Lipinski definition) is 0. The lowest BCUT2D eigenvalue weighted by Gasteiger charge is -2.42. The van der Waals surface area contributed by atoms with Crippen LogP contribution in [0, 0.1) is 0 Å². The van der Waals surface area contributed by atoms with Gasteiger partial charge in [-0.05, 0) is 26.2 Å². The number of piperidine rings is 1. The fourth-order valence-corrected chi connectivity index (χ4v) is 3.92. The summed E-state index contributed by atoms with van der Waals surface area (Å²) in [7, 11) is 1.77. The van der Waals surface area contributed by atoms with E-state index in [0.29, 0.717) is 37.6 Å². The molecule has 3 aliphatic rings. The van der Waals surface area contributed by atoms with E-state index in [0.717, 1.165) is 25.9 Å². The van der Waals surface area contributed by atoms with Crippen molar-refractivity contribution in [1.82, 2.24) is 19.6 Å². The van der Waals surface area contributed by atoms with Crippen LogP contribution >= 0.6 is 0 Å². The molecule has 0 N–H and O–H groups in total. The number of amides is 2. The summed E-state index contributed by atoms with van der Waals surface area (Å²) < 4.78 is 7.67. The number of ether oxygens (including phenoxy) is 1. The molecule has 4 heterocycles. The van der Waals surface area contributed by atoms with Crippen molar-refractivity contribution in [2.45, 2.75) is 38.3 Å². The van der Waals surface area contributed by atoms with Crippen LogP contribution < -0.4 is 0 Å². The average molecular weight is 344 g/mol. The molecule has 1 aromatic rings. The van der Waals surface area contributed by atoms with Crippen LogP contribution in [0.5, 0.6) is 0 Å². The van der Waals surface area contributed by atoms with E-state index < -0.39 is 0 Å². The topological polar surface area (TPSA) is 67.7 Å². The van der Waals surface area contributed by atoms with Crippen LogP contribution in [0.15, 0.2) is 17.7 Å². The van der Waals surface area contributed by atoms with Gasteiger partial charge in [0.2, 0.25) is 0 Å². The lowest BCUT2D eigenvalue weighted by atomic mass is 9.87. The molecule has 0 saturated carbocycles. The number of carbonyl (C=O) groups excluding carboxylic acids is 2. The molecule has 2 amide bonds.